The average molecular weight is 337 g/mol. The van der Waals surface area contributed by atoms with Gasteiger partial charge < -0.3 is 19.2 Å². The van der Waals surface area contributed by atoms with Gasteiger partial charge >= 0.3 is 0 Å². The van der Waals surface area contributed by atoms with E-state index in [1.165, 1.54) is 0 Å². The minimum atomic E-state index is -0.337. The van der Waals surface area contributed by atoms with E-state index in [0.717, 1.165) is 23.2 Å². The van der Waals surface area contributed by atoms with Crippen LogP contribution in [0.2, 0.25) is 0 Å². The molecule has 2 aliphatic heterocycles. The van der Waals surface area contributed by atoms with Crippen LogP contribution in [0.5, 0.6) is 17.2 Å². The first-order valence-electron chi connectivity index (χ1n) is 8.41. The molecule has 1 fully saturated rings. The normalized spacial score (nSPS) is 21.3. The maximum atomic E-state index is 12.3. The SMILES string of the molecule is COc1cccc2c1Oc1ccccc1C2CN1C(=O)CCC1C=O. The second kappa shape index (κ2) is 6.24. The fraction of sp³-hybridized carbons (Fsp3) is 0.300. The fourth-order valence-corrected chi connectivity index (χ4v) is 3.74. The maximum Gasteiger partial charge on any atom is 0.223 e. The second-order valence-corrected chi connectivity index (χ2v) is 6.36. The topological polar surface area (TPSA) is 55.8 Å². The van der Waals surface area contributed by atoms with Crippen LogP contribution >= 0.6 is 0 Å². The number of amides is 1. The van der Waals surface area contributed by atoms with Crippen molar-refractivity contribution in [3.63, 3.8) is 0 Å². The molecule has 0 saturated carbocycles. The highest BCUT2D eigenvalue weighted by molar-refractivity contribution is 5.83. The van der Waals surface area contributed by atoms with Crippen LogP contribution in [0.4, 0.5) is 0 Å². The first-order valence-corrected chi connectivity index (χ1v) is 8.41. The third kappa shape index (κ3) is 2.56. The Morgan fingerprint density at radius 3 is 2.80 bits per heavy atom. The van der Waals surface area contributed by atoms with Gasteiger partial charge in [-0.25, -0.2) is 0 Å². The Hall–Kier alpha value is -2.82. The second-order valence-electron chi connectivity index (χ2n) is 6.36. The van der Waals surface area contributed by atoms with Crippen LogP contribution in [-0.4, -0.2) is 36.8 Å². The van der Waals surface area contributed by atoms with Crippen LogP contribution in [0.1, 0.15) is 29.9 Å². The van der Waals surface area contributed by atoms with E-state index in [1.807, 2.05) is 42.5 Å². The number of para-hydroxylation sites is 2. The summed E-state index contributed by atoms with van der Waals surface area (Å²) in [6.45, 7) is 0.461. The zero-order valence-electron chi connectivity index (χ0n) is 14.0. The van der Waals surface area contributed by atoms with Gasteiger partial charge in [0.15, 0.2) is 11.5 Å². The summed E-state index contributed by atoms with van der Waals surface area (Å²) in [7, 11) is 1.61. The highest BCUT2D eigenvalue weighted by Gasteiger charge is 2.36. The molecule has 2 atom stereocenters. The quantitative estimate of drug-likeness (QED) is 0.805. The van der Waals surface area contributed by atoms with Gasteiger partial charge in [-0.15, -0.1) is 0 Å². The minimum absolute atomic E-state index is 0.0329. The summed E-state index contributed by atoms with van der Waals surface area (Å²) in [5.41, 5.74) is 2.00. The largest absolute Gasteiger partial charge is 0.493 e. The summed E-state index contributed by atoms with van der Waals surface area (Å²) in [6.07, 6.45) is 1.90. The van der Waals surface area contributed by atoms with Crippen molar-refractivity contribution in [3.8, 4) is 17.2 Å². The molecular weight excluding hydrogens is 318 g/mol. The lowest BCUT2D eigenvalue weighted by Gasteiger charge is -2.33. The molecule has 2 aliphatic rings. The lowest BCUT2D eigenvalue weighted by atomic mass is 9.87. The molecule has 2 aromatic rings. The van der Waals surface area contributed by atoms with Crippen LogP contribution in [0.25, 0.3) is 0 Å². The summed E-state index contributed by atoms with van der Waals surface area (Å²) in [5, 5.41) is 0. The van der Waals surface area contributed by atoms with Crippen molar-refractivity contribution >= 4 is 12.2 Å². The van der Waals surface area contributed by atoms with E-state index in [-0.39, 0.29) is 17.9 Å². The van der Waals surface area contributed by atoms with E-state index in [0.29, 0.717) is 30.9 Å². The van der Waals surface area contributed by atoms with Gasteiger partial charge in [0, 0.05) is 30.0 Å². The number of hydrogen-bond acceptors (Lipinski definition) is 4. The number of ether oxygens (including phenoxy) is 2. The van der Waals surface area contributed by atoms with Gasteiger partial charge in [0.05, 0.1) is 13.2 Å². The van der Waals surface area contributed by atoms with Gasteiger partial charge in [-0.1, -0.05) is 30.3 Å². The lowest BCUT2D eigenvalue weighted by Crippen LogP contribution is -2.38. The summed E-state index contributed by atoms with van der Waals surface area (Å²) in [5.74, 6) is 2.09. The van der Waals surface area contributed by atoms with Gasteiger partial charge in [0.1, 0.15) is 12.0 Å². The van der Waals surface area contributed by atoms with Crippen LogP contribution in [0.15, 0.2) is 42.5 Å². The van der Waals surface area contributed by atoms with Gasteiger partial charge in [-0.05, 0) is 18.6 Å². The first kappa shape index (κ1) is 15.7. The molecule has 0 aromatic heterocycles. The highest BCUT2D eigenvalue weighted by Crippen LogP contribution is 2.48. The van der Waals surface area contributed by atoms with E-state index >= 15 is 0 Å². The molecule has 1 saturated heterocycles. The van der Waals surface area contributed by atoms with Crippen molar-refractivity contribution in [1.29, 1.82) is 0 Å². The number of methoxy groups -OCH3 is 1. The first-order chi connectivity index (χ1) is 12.2. The van der Waals surface area contributed by atoms with E-state index in [1.54, 1.807) is 12.0 Å². The molecule has 2 aromatic carbocycles. The molecule has 0 aliphatic carbocycles. The number of likely N-dealkylation sites (tertiary alicyclic amines) is 1. The molecule has 1 amide bonds. The fourth-order valence-electron chi connectivity index (χ4n) is 3.74. The maximum absolute atomic E-state index is 12.3. The molecule has 0 spiro atoms. The molecule has 0 radical (unpaired) electrons. The van der Waals surface area contributed by atoms with E-state index in [2.05, 4.69) is 0 Å². The van der Waals surface area contributed by atoms with Crippen LogP contribution in [0, 0.1) is 0 Å². The van der Waals surface area contributed by atoms with Crippen LogP contribution in [0.3, 0.4) is 0 Å². The van der Waals surface area contributed by atoms with Crippen molar-refractivity contribution in [2.45, 2.75) is 24.8 Å². The van der Waals surface area contributed by atoms with E-state index in [4.69, 9.17) is 9.47 Å². The zero-order chi connectivity index (χ0) is 17.4. The monoisotopic (exact) mass is 337 g/mol. The smallest absolute Gasteiger partial charge is 0.223 e. The summed E-state index contributed by atoms with van der Waals surface area (Å²) in [6, 6.07) is 13.3. The highest BCUT2D eigenvalue weighted by atomic mass is 16.5. The standard InChI is InChI=1S/C20H19NO4/c1-24-18-8-4-6-15-16(11-21-13(12-22)9-10-19(21)23)14-5-2-3-7-17(14)25-20(15)18/h2-8,12-13,16H,9-11H2,1H3. The zero-order valence-corrected chi connectivity index (χ0v) is 14.0. The summed E-state index contributed by atoms with van der Waals surface area (Å²) >= 11 is 0. The molecular formula is C20H19NO4. The Morgan fingerprint density at radius 1 is 1.20 bits per heavy atom. The Labute approximate surface area is 146 Å². The average Bonchev–Trinajstić information content (AvgIpc) is 3.00. The molecule has 5 nitrogen and oxygen atoms in total. The van der Waals surface area contributed by atoms with Crippen molar-refractivity contribution in [3.05, 3.63) is 53.6 Å². The molecule has 2 heterocycles. The number of benzene rings is 2. The van der Waals surface area contributed by atoms with E-state index < -0.39 is 0 Å². The number of fused-ring (bicyclic) bond motifs is 2. The molecule has 0 bridgehead atoms. The summed E-state index contributed by atoms with van der Waals surface area (Å²) < 4.78 is 11.5. The lowest BCUT2D eigenvalue weighted by molar-refractivity contribution is -0.131. The van der Waals surface area contributed by atoms with Gasteiger partial charge in [0.25, 0.3) is 0 Å². The third-order valence-corrected chi connectivity index (χ3v) is 5.02. The van der Waals surface area contributed by atoms with Gasteiger partial charge in [0.2, 0.25) is 5.91 Å². The van der Waals surface area contributed by atoms with Crippen LogP contribution < -0.4 is 9.47 Å². The predicted octanol–water partition coefficient (Wildman–Crippen LogP) is 3.12. The van der Waals surface area contributed by atoms with Gasteiger partial charge in [-0.2, -0.15) is 0 Å². The molecule has 2 unspecified atom stereocenters. The summed E-state index contributed by atoms with van der Waals surface area (Å²) in [4.78, 5) is 25.3. The molecule has 0 N–H and O–H groups in total. The molecule has 25 heavy (non-hydrogen) atoms. The Balaban J connectivity index is 1.79. The van der Waals surface area contributed by atoms with Crippen molar-refractivity contribution in [2.24, 2.45) is 0 Å². The predicted molar refractivity (Wildman–Crippen MR) is 92.2 cm³/mol. The number of rotatable bonds is 4. The molecule has 128 valence electrons. The molecule has 5 heteroatoms. The number of carbonyl (C=O) groups is 2. The third-order valence-electron chi connectivity index (χ3n) is 5.02. The Kier molecular flexibility index (Phi) is 3.92. The van der Waals surface area contributed by atoms with Crippen LogP contribution in [-0.2, 0) is 9.59 Å². The Bertz CT molecular complexity index is 832. The molecule has 4 rings (SSSR count). The van der Waals surface area contributed by atoms with Crippen molar-refractivity contribution < 1.29 is 19.1 Å². The minimum Gasteiger partial charge on any atom is -0.493 e. The van der Waals surface area contributed by atoms with E-state index in [9.17, 15) is 9.59 Å². The van der Waals surface area contributed by atoms with Crippen molar-refractivity contribution in [1.82, 2.24) is 4.90 Å². The number of nitrogens with zero attached hydrogens (tertiary/aromatic N) is 1. The number of hydrogen-bond donors (Lipinski definition) is 0. The Morgan fingerprint density at radius 2 is 2.00 bits per heavy atom. The number of carbonyl (C=O) groups excluding carboxylic acids is 2. The van der Waals surface area contributed by atoms with Crippen molar-refractivity contribution in [2.75, 3.05) is 13.7 Å². The van der Waals surface area contributed by atoms with Gasteiger partial charge in [-0.3, -0.25) is 4.79 Å². The number of aldehydes is 1.